The molecule has 0 aliphatic carbocycles. The van der Waals surface area contributed by atoms with Crippen LogP contribution in [0.4, 0.5) is 14.5 Å². The number of aryl methyl sites for hydroxylation is 2. The van der Waals surface area contributed by atoms with E-state index in [-0.39, 0.29) is 0 Å². The molecule has 1 heterocycles. The molecular weight excluding hydrogens is 486 g/mol. The number of nitrogens with zero attached hydrogens (tertiary/aromatic N) is 2. The average Bonchev–Trinajstić information content (AvgIpc) is 3.21. The lowest BCUT2D eigenvalue weighted by atomic mass is 10.0. The molecule has 0 amide bonds. The minimum atomic E-state index is -0.880. The normalized spacial score (nSPS) is 12.3. The van der Waals surface area contributed by atoms with E-state index in [0.717, 1.165) is 51.1 Å². The minimum absolute atomic E-state index is 0.539. The van der Waals surface area contributed by atoms with Gasteiger partial charge in [-0.1, -0.05) is 59.5 Å². The van der Waals surface area contributed by atoms with Gasteiger partial charge >= 0.3 is 0 Å². The van der Waals surface area contributed by atoms with Crippen LogP contribution in [0.1, 0.15) is 27.9 Å². The summed E-state index contributed by atoms with van der Waals surface area (Å²) in [5, 5.41) is 8.09. The van der Waals surface area contributed by atoms with Gasteiger partial charge in [0.15, 0.2) is 11.6 Å². The fraction of sp³-hybridized carbons (Fsp3) is 0.133. The standard InChI is InChI=1S/C30H30F2N4S/c1-20-9-6-7-12-27(20)21(2)15-30(36-23(4)22(3)18-34-36)33-19-24-10-8-11-25(16-24)35-37(5)26-13-14-28(31)29(32)17-26/h6-18,33,35H,2,5,19H2,1,3-4H3/b30-15-. The van der Waals surface area contributed by atoms with Crippen LogP contribution in [0.25, 0.3) is 11.4 Å². The van der Waals surface area contributed by atoms with Crippen molar-refractivity contribution in [3.8, 4) is 0 Å². The first-order valence-corrected chi connectivity index (χ1v) is 13.2. The van der Waals surface area contributed by atoms with E-state index < -0.39 is 22.3 Å². The van der Waals surface area contributed by atoms with Gasteiger partial charge in [0.25, 0.3) is 0 Å². The Labute approximate surface area is 219 Å². The van der Waals surface area contributed by atoms with Crippen molar-refractivity contribution in [1.29, 1.82) is 0 Å². The van der Waals surface area contributed by atoms with Crippen molar-refractivity contribution in [3.63, 3.8) is 0 Å². The van der Waals surface area contributed by atoms with Gasteiger partial charge in [-0.2, -0.15) is 5.10 Å². The second-order valence-corrected chi connectivity index (χ2v) is 10.3. The smallest absolute Gasteiger partial charge is 0.159 e. The molecule has 4 aromatic rings. The first-order chi connectivity index (χ1) is 17.7. The lowest BCUT2D eigenvalue weighted by Gasteiger charge is -2.16. The molecule has 1 unspecified atom stereocenters. The van der Waals surface area contributed by atoms with Gasteiger partial charge in [-0.05, 0) is 85.0 Å². The van der Waals surface area contributed by atoms with Gasteiger partial charge in [-0.3, -0.25) is 0 Å². The molecule has 1 aromatic heterocycles. The molecule has 0 spiro atoms. The molecule has 37 heavy (non-hydrogen) atoms. The number of rotatable bonds is 9. The predicted molar refractivity (Wildman–Crippen MR) is 152 cm³/mol. The number of allylic oxidation sites excluding steroid dienone is 2. The van der Waals surface area contributed by atoms with E-state index in [1.54, 1.807) is 6.07 Å². The Bertz CT molecular complexity index is 1500. The molecule has 4 nitrogen and oxygen atoms in total. The summed E-state index contributed by atoms with van der Waals surface area (Å²) in [7, 11) is -0.749. The van der Waals surface area contributed by atoms with Gasteiger partial charge in [0.05, 0.1) is 6.20 Å². The maximum atomic E-state index is 13.7. The third-order valence-electron chi connectivity index (χ3n) is 6.10. The van der Waals surface area contributed by atoms with E-state index >= 15 is 0 Å². The maximum Gasteiger partial charge on any atom is 0.159 e. The number of halogens is 2. The third kappa shape index (κ3) is 6.24. The van der Waals surface area contributed by atoms with Crippen LogP contribution in [0.15, 0.2) is 90.5 Å². The summed E-state index contributed by atoms with van der Waals surface area (Å²) >= 11 is 0. The van der Waals surface area contributed by atoms with Crippen molar-refractivity contribution in [2.24, 2.45) is 0 Å². The van der Waals surface area contributed by atoms with Crippen LogP contribution < -0.4 is 10.0 Å². The summed E-state index contributed by atoms with van der Waals surface area (Å²) in [4.78, 5) is 0.590. The average molecular weight is 517 g/mol. The molecule has 0 saturated carbocycles. The maximum absolute atomic E-state index is 13.7. The van der Waals surface area contributed by atoms with Crippen LogP contribution in [-0.2, 0) is 6.54 Å². The second-order valence-electron chi connectivity index (χ2n) is 8.82. The highest BCUT2D eigenvalue weighted by molar-refractivity contribution is 8.15. The van der Waals surface area contributed by atoms with Gasteiger partial charge in [-0.15, -0.1) is 0 Å². The zero-order valence-corrected chi connectivity index (χ0v) is 22.0. The predicted octanol–water partition coefficient (Wildman–Crippen LogP) is 7.48. The molecule has 3 aromatic carbocycles. The van der Waals surface area contributed by atoms with Crippen molar-refractivity contribution in [2.75, 3.05) is 4.72 Å². The Morgan fingerprint density at radius 1 is 0.973 bits per heavy atom. The first kappa shape index (κ1) is 26.1. The van der Waals surface area contributed by atoms with Crippen LogP contribution >= 0.6 is 10.7 Å². The van der Waals surface area contributed by atoms with Crippen molar-refractivity contribution < 1.29 is 8.78 Å². The number of aromatic nitrogens is 2. The summed E-state index contributed by atoms with van der Waals surface area (Å²) in [6, 6.07) is 19.9. The SMILES string of the molecule is C=C(/C=C(/NCc1cccc(NS(=C)c2ccc(F)c(F)c2)c1)n1ncc(C)c1C)c1ccccc1C. The van der Waals surface area contributed by atoms with Crippen molar-refractivity contribution in [3.05, 3.63) is 125 Å². The van der Waals surface area contributed by atoms with Gasteiger partial charge < -0.3 is 10.0 Å². The summed E-state index contributed by atoms with van der Waals surface area (Å²) < 4.78 is 32.1. The van der Waals surface area contributed by atoms with Gasteiger partial charge in [0.1, 0.15) is 5.82 Å². The van der Waals surface area contributed by atoms with Crippen LogP contribution in [-0.4, -0.2) is 15.7 Å². The molecule has 0 radical (unpaired) electrons. The van der Waals surface area contributed by atoms with Crippen LogP contribution in [0.5, 0.6) is 0 Å². The fourth-order valence-electron chi connectivity index (χ4n) is 3.87. The molecule has 0 saturated heterocycles. The van der Waals surface area contributed by atoms with E-state index in [4.69, 9.17) is 0 Å². The Kier molecular flexibility index (Phi) is 8.04. The quantitative estimate of drug-likeness (QED) is 0.179. The molecular formula is C30H30F2N4S. The summed E-state index contributed by atoms with van der Waals surface area (Å²) in [5.74, 6) is 3.15. The number of anilines is 1. The zero-order valence-electron chi connectivity index (χ0n) is 21.2. The van der Waals surface area contributed by atoms with Crippen molar-refractivity contribution in [2.45, 2.75) is 32.2 Å². The molecule has 7 heteroatoms. The highest BCUT2D eigenvalue weighted by Gasteiger charge is 2.11. The van der Waals surface area contributed by atoms with Crippen molar-refractivity contribution in [1.82, 2.24) is 15.1 Å². The number of hydrogen-bond donors (Lipinski definition) is 2. The van der Waals surface area contributed by atoms with E-state index in [2.05, 4.69) is 46.6 Å². The highest BCUT2D eigenvalue weighted by atomic mass is 32.2. The van der Waals surface area contributed by atoms with Crippen LogP contribution in [0.3, 0.4) is 0 Å². The topological polar surface area (TPSA) is 41.9 Å². The number of benzene rings is 3. The minimum Gasteiger partial charge on any atom is -0.366 e. The summed E-state index contributed by atoms with van der Waals surface area (Å²) in [6.45, 7) is 11.0. The molecule has 0 bridgehead atoms. The van der Waals surface area contributed by atoms with Crippen molar-refractivity contribution >= 4 is 33.6 Å². The molecule has 2 N–H and O–H groups in total. The summed E-state index contributed by atoms with van der Waals surface area (Å²) in [6.07, 6.45) is 3.86. The largest absolute Gasteiger partial charge is 0.366 e. The Hall–Kier alpha value is -3.97. The number of hydrogen-bond acceptors (Lipinski definition) is 3. The molecule has 4 rings (SSSR count). The molecule has 190 valence electrons. The Balaban J connectivity index is 1.54. The summed E-state index contributed by atoms with van der Waals surface area (Å²) in [5.41, 5.74) is 7.12. The van der Waals surface area contributed by atoms with E-state index in [0.29, 0.717) is 11.4 Å². The second kappa shape index (κ2) is 11.4. The van der Waals surface area contributed by atoms with Crippen LogP contribution in [0.2, 0.25) is 0 Å². The zero-order chi connectivity index (χ0) is 26.5. The van der Waals surface area contributed by atoms with Crippen LogP contribution in [0, 0.1) is 32.4 Å². The highest BCUT2D eigenvalue weighted by Crippen LogP contribution is 2.28. The molecule has 0 aliphatic heterocycles. The van der Waals surface area contributed by atoms with E-state index in [1.165, 1.54) is 6.07 Å². The third-order valence-corrected chi connectivity index (χ3v) is 7.41. The lowest BCUT2D eigenvalue weighted by molar-refractivity contribution is 0.506. The molecule has 0 aliphatic rings. The molecule has 0 fully saturated rings. The number of nitrogens with one attached hydrogen (secondary N) is 2. The fourth-order valence-corrected chi connectivity index (χ4v) is 4.87. The Morgan fingerprint density at radius 2 is 1.76 bits per heavy atom. The van der Waals surface area contributed by atoms with Gasteiger partial charge in [0, 0.05) is 22.8 Å². The monoisotopic (exact) mass is 516 g/mol. The lowest BCUT2D eigenvalue weighted by Crippen LogP contribution is -2.19. The molecule has 1 atom stereocenters. The first-order valence-electron chi connectivity index (χ1n) is 11.8. The van der Waals surface area contributed by atoms with Gasteiger partial charge in [0.2, 0.25) is 0 Å². The van der Waals surface area contributed by atoms with E-state index in [1.807, 2.05) is 67.2 Å². The Morgan fingerprint density at radius 3 is 2.46 bits per heavy atom. The van der Waals surface area contributed by atoms with E-state index in [9.17, 15) is 8.78 Å². The van der Waals surface area contributed by atoms with Gasteiger partial charge in [-0.25, -0.2) is 13.5 Å².